The highest BCUT2D eigenvalue weighted by Crippen LogP contribution is 2.43. The average Bonchev–Trinajstić information content (AvgIpc) is 3.16. The number of allylic oxidation sites excluding steroid dienone is 4. The third-order valence-corrected chi connectivity index (χ3v) is 7.02. The van der Waals surface area contributed by atoms with Crippen molar-refractivity contribution in [3.05, 3.63) is 65.4 Å². The Balaban J connectivity index is 1.25. The summed E-state index contributed by atoms with van der Waals surface area (Å²) in [6, 6.07) is 8.86. The molecule has 160 valence electrons. The number of nitrogens with zero attached hydrogens (tertiary/aromatic N) is 3. The molecular weight excluding hydrogens is 391 g/mol. The lowest BCUT2D eigenvalue weighted by atomic mass is 9.81. The minimum atomic E-state index is -0.124. The SMILES string of the molecule is CC1C=C(F)C=C2NC3=C(CN(c4ccc5cc(N6CCOCC6)ncc5c4)CC3)C21. The number of aromatic nitrogens is 1. The van der Waals surface area contributed by atoms with Gasteiger partial charge in [0.1, 0.15) is 11.6 Å². The number of pyridine rings is 1. The monoisotopic (exact) mass is 418 g/mol. The number of anilines is 2. The molecule has 1 aromatic heterocycles. The van der Waals surface area contributed by atoms with Crippen molar-refractivity contribution in [2.75, 3.05) is 49.2 Å². The number of fused-ring (bicyclic) bond motifs is 3. The van der Waals surface area contributed by atoms with Crippen LogP contribution >= 0.6 is 0 Å². The number of ether oxygens (including phenoxy) is 1. The highest BCUT2D eigenvalue weighted by atomic mass is 19.1. The molecule has 0 saturated carbocycles. The van der Waals surface area contributed by atoms with Crippen molar-refractivity contribution in [2.45, 2.75) is 13.3 Å². The Bertz CT molecular complexity index is 1130. The Morgan fingerprint density at radius 1 is 1.10 bits per heavy atom. The maximum absolute atomic E-state index is 13.9. The van der Waals surface area contributed by atoms with Gasteiger partial charge in [-0.2, -0.15) is 0 Å². The molecule has 1 aromatic carbocycles. The van der Waals surface area contributed by atoms with E-state index in [9.17, 15) is 4.39 Å². The first-order valence-electron chi connectivity index (χ1n) is 11.2. The molecule has 0 radical (unpaired) electrons. The first kappa shape index (κ1) is 18.9. The lowest BCUT2D eigenvalue weighted by Gasteiger charge is -2.33. The second-order valence-electron chi connectivity index (χ2n) is 8.96. The zero-order valence-electron chi connectivity index (χ0n) is 17.8. The average molecular weight is 419 g/mol. The van der Waals surface area contributed by atoms with Gasteiger partial charge in [0.05, 0.1) is 13.2 Å². The Kier molecular flexibility index (Phi) is 4.49. The van der Waals surface area contributed by atoms with Gasteiger partial charge >= 0.3 is 0 Å². The maximum Gasteiger partial charge on any atom is 0.129 e. The molecule has 2 aromatic rings. The van der Waals surface area contributed by atoms with Gasteiger partial charge in [-0.05, 0) is 47.2 Å². The Labute approximate surface area is 181 Å². The van der Waals surface area contributed by atoms with Crippen LogP contribution < -0.4 is 15.1 Å². The van der Waals surface area contributed by atoms with Crippen molar-refractivity contribution in [3.63, 3.8) is 0 Å². The van der Waals surface area contributed by atoms with Crippen LogP contribution in [0.25, 0.3) is 10.8 Å². The Morgan fingerprint density at radius 2 is 1.97 bits per heavy atom. The zero-order chi connectivity index (χ0) is 20.9. The number of rotatable bonds is 2. The van der Waals surface area contributed by atoms with Gasteiger partial charge in [-0.3, -0.25) is 0 Å². The molecule has 2 atom stereocenters. The van der Waals surface area contributed by atoms with Crippen LogP contribution in [0.15, 0.2) is 65.4 Å². The summed E-state index contributed by atoms with van der Waals surface area (Å²) in [5.41, 5.74) is 4.95. The highest BCUT2D eigenvalue weighted by Gasteiger charge is 2.38. The molecule has 1 N–H and O–H groups in total. The zero-order valence-corrected chi connectivity index (χ0v) is 17.8. The standard InChI is InChI=1S/C25H27FN4O/c1-16-10-19(26)13-23-25(16)21-15-30(5-4-22(21)28-23)20-3-2-17-12-24(27-14-18(17)11-20)29-6-8-31-9-7-29/h2-3,10-14,16,25,28H,4-9,15H2,1H3. The minimum Gasteiger partial charge on any atom is -0.378 e. The van der Waals surface area contributed by atoms with Gasteiger partial charge < -0.3 is 19.9 Å². The Morgan fingerprint density at radius 3 is 2.84 bits per heavy atom. The predicted molar refractivity (Wildman–Crippen MR) is 122 cm³/mol. The van der Waals surface area contributed by atoms with Crippen LogP contribution in [0, 0.1) is 11.8 Å². The molecule has 5 nitrogen and oxygen atoms in total. The van der Waals surface area contributed by atoms with Crippen molar-refractivity contribution >= 4 is 22.3 Å². The summed E-state index contributed by atoms with van der Waals surface area (Å²) in [6.07, 6.45) is 6.37. The summed E-state index contributed by atoms with van der Waals surface area (Å²) in [5.74, 6) is 1.36. The fraction of sp³-hybridized carbons (Fsp3) is 0.400. The van der Waals surface area contributed by atoms with Crippen LogP contribution in [-0.4, -0.2) is 44.4 Å². The molecule has 0 amide bonds. The van der Waals surface area contributed by atoms with E-state index in [-0.39, 0.29) is 17.7 Å². The molecule has 6 heteroatoms. The molecule has 4 heterocycles. The number of halogens is 1. The molecule has 4 aliphatic rings. The molecule has 6 rings (SSSR count). The molecule has 31 heavy (non-hydrogen) atoms. The van der Waals surface area contributed by atoms with Crippen molar-refractivity contribution in [1.29, 1.82) is 0 Å². The summed E-state index contributed by atoms with van der Waals surface area (Å²) in [4.78, 5) is 9.46. The molecule has 1 saturated heterocycles. The molecule has 3 aliphatic heterocycles. The van der Waals surface area contributed by atoms with Gasteiger partial charge in [-0.15, -0.1) is 0 Å². The van der Waals surface area contributed by atoms with Crippen molar-refractivity contribution in [2.24, 2.45) is 11.8 Å². The second-order valence-corrected chi connectivity index (χ2v) is 8.96. The number of morpholine rings is 1. The summed E-state index contributed by atoms with van der Waals surface area (Å²) in [5, 5.41) is 5.88. The highest BCUT2D eigenvalue weighted by molar-refractivity contribution is 5.87. The molecule has 1 aliphatic carbocycles. The van der Waals surface area contributed by atoms with E-state index in [4.69, 9.17) is 9.72 Å². The van der Waals surface area contributed by atoms with E-state index in [0.717, 1.165) is 62.7 Å². The molecule has 0 spiro atoms. The lowest BCUT2D eigenvalue weighted by molar-refractivity contribution is 0.122. The Hall–Kier alpha value is -2.86. The van der Waals surface area contributed by atoms with Crippen LogP contribution in [0.4, 0.5) is 15.9 Å². The molecular formula is C25H27FN4O. The normalized spacial score (nSPS) is 25.7. The number of hydrogen-bond acceptors (Lipinski definition) is 5. The fourth-order valence-corrected chi connectivity index (χ4v) is 5.43. The summed E-state index contributed by atoms with van der Waals surface area (Å²) < 4.78 is 19.3. The first-order chi connectivity index (χ1) is 15.2. The molecule has 1 fully saturated rings. The minimum absolute atomic E-state index is 0.124. The number of benzene rings is 1. The van der Waals surface area contributed by atoms with Gasteiger partial charge in [0, 0.05) is 67.2 Å². The third-order valence-electron chi connectivity index (χ3n) is 7.02. The van der Waals surface area contributed by atoms with Crippen LogP contribution in [0.2, 0.25) is 0 Å². The topological polar surface area (TPSA) is 40.6 Å². The van der Waals surface area contributed by atoms with Crippen molar-refractivity contribution < 1.29 is 9.13 Å². The van der Waals surface area contributed by atoms with Gasteiger partial charge in [-0.1, -0.05) is 13.0 Å². The molecule has 0 bridgehead atoms. The quantitative estimate of drug-likeness (QED) is 0.794. The van der Waals surface area contributed by atoms with Crippen LogP contribution in [0.1, 0.15) is 13.3 Å². The second kappa shape index (κ2) is 7.38. The van der Waals surface area contributed by atoms with Crippen LogP contribution in [-0.2, 0) is 4.74 Å². The van der Waals surface area contributed by atoms with Crippen LogP contribution in [0.3, 0.4) is 0 Å². The van der Waals surface area contributed by atoms with E-state index in [1.54, 1.807) is 12.2 Å². The maximum atomic E-state index is 13.9. The summed E-state index contributed by atoms with van der Waals surface area (Å²) in [6.45, 7) is 7.27. The summed E-state index contributed by atoms with van der Waals surface area (Å²) in [7, 11) is 0. The van der Waals surface area contributed by atoms with Gasteiger partial charge in [0.15, 0.2) is 0 Å². The third kappa shape index (κ3) is 3.30. The number of nitrogens with one attached hydrogen (secondary N) is 1. The van der Waals surface area contributed by atoms with E-state index in [2.05, 4.69) is 46.3 Å². The fourth-order valence-electron chi connectivity index (χ4n) is 5.43. The van der Waals surface area contributed by atoms with E-state index in [1.165, 1.54) is 22.3 Å². The van der Waals surface area contributed by atoms with Crippen molar-refractivity contribution in [1.82, 2.24) is 10.3 Å². The van der Waals surface area contributed by atoms with E-state index >= 15 is 0 Å². The molecule has 2 unspecified atom stereocenters. The van der Waals surface area contributed by atoms with Crippen LogP contribution in [0.5, 0.6) is 0 Å². The van der Waals surface area contributed by atoms with E-state index in [0.29, 0.717) is 0 Å². The largest absolute Gasteiger partial charge is 0.378 e. The van der Waals surface area contributed by atoms with E-state index < -0.39 is 0 Å². The predicted octanol–water partition coefficient (Wildman–Crippen LogP) is 4.14. The smallest absolute Gasteiger partial charge is 0.129 e. The van der Waals surface area contributed by atoms with Gasteiger partial charge in [0.2, 0.25) is 0 Å². The van der Waals surface area contributed by atoms with E-state index in [1.807, 2.05) is 6.20 Å². The van der Waals surface area contributed by atoms with Gasteiger partial charge in [-0.25, -0.2) is 9.37 Å². The lowest BCUT2D eigenvalue weighted by Crippen LogP contribution is -2.36. The first-order valence-corrected chi connectivity index (χ1v) is 11.2. The van der Waals surface area contributed by atoms with Crippen molar-refractivity contribution in [3.8, 4) is 0 Å². The number of hydrogen-bond donors (Lipinski definition) is 1. The van der Waals surface area contributed by atoms with Gasteiger partial charge in [0.25, 0.3) is 0 Å². The summed E-state index contributed by atoms with van der Waals surface area (Å²) >= 11 is 0.